The molecule has 0 spiro atoms. The number of anilines is 1. The number of carbonyl (C=O) groups is 1. The third kappa shape index (κ3) is 4.64. The summed E-state index contributed by atoms with van der Waals surface area (Å²) in [7, 11) is 1.76. The van der Waals surface area contributed by atoms with Crippen LogP contribution in [0.1, 0.15) is 51.5 Å². The maximum absolute atomic E-state index is 15.6. The van der Waals surface area contributed by atoms with Gasteiger partial charge in [-0.2, -0.15) is 5.10 Å². The largest absolute Gasteiger partial charge is 0.377 e. The van der Waals surface area contributed by atoms with E-state index in [2.05, 4.69) is 33.7 Å². The standard InChI is InChI=1S/C29H39FN6O2/c1-20(2)33-10-7-29(38-3,8-11-33)23-17-24(30)27(31-18-23)22-16-26-25(6-9-32-36(26)19-22)34-12-14-35(15-13-34)28(37)21-4-5-21/h6,9,16,18-21,23H,4-5,7-8,10-15,17H2,1-3H3. The molecular formula is C29H39FN6O2. The van der Waals surface area contributed by atoms with E-state index in [0.717, 1.165) is 81.7 Å². The Bertz CT molecular complexity index is 1250. The molecule has 9 heteroatoms. The van der Waals surface area contributed by atoms with Crippen molar-refractivity contribution in [2.24, 2.45) is 16.8 Å². The van der Waals surface area contributed by atoms with Gasteiger partial charge in [-0.1, -0.05) is 0 Å². The second-order valence-electron chi connectivity index (χ2n) is 11.6. The van der Waals surface area contributed by atoms with Crippen LogP contribution in [0, 0.1) is 11.8 Å². The molecule has 0 radical (unpaired) electrons. The Labute approximate surface area is 224 Å². The van der Waals surface area contributed by atoms with Gasteiger partial charge in [-0.3, -0.25) is 9.79 Å². The number of amides is 1. The molecule has 8 nitrogen and oxygen atoms in total. The first-order valence-electron chi connectivity index (χ1n) is 14.1. The number of likely N-dealkylation sites (tertiary alicyclic amines) is 1. The number of allylic oxidation sites excluding steroid dienone is 1. The van der Waals surface area contributed by atoms with Crippen LogP contribution in [0.3, 0.4) is 0 Å². The van der Waals surface area contributed by atoms with Crippen LogP contribution in [-0.4, -0.2) is 89.6 Å². The highest BCUT2D eigenvalue weighted by atomic mass is 19.1. The van der Waals surface area contributed by atoms with Crippen LogP contribution in [0.4, 0.5) is 10.1 Å². The Balaban J connectivity index is 1.18. The van der Waals surface area contributed by atoms with Crippen LogP contribution in [0.2, 0.25) is 0 Å². The van der Waals surface area contributed by atoms with Gasteiger partial charge in [-0.25, -0.2) is 8.91 Å². The smallest absolute Gasteiger partial charge is 0.225 e. The highest BCUT2D eigenvalue weighted by Crippen LogP contribution is 2.41. The molecule has 0 N–H and O–H groups in total. The molecule has 1 atom stereocenters. The van der Waals surface area contributed by atoms with Crippen molar-refractivity contribution in [1.29, 1.82) is 0 Å². The van der Waals surface area contributed by atoms with Crippen LogP contribution in [0.25, 0.3) is 11.2 Å². The van der Waals surface area contributed by atoms with Gasteiger partial charge in [0.15, 0.2) is 0 Å². The highest BCUT2D eigenvalue weighted by Gasteiger charge is 2.43. The number of ether oxygens (including phenoxy) is 1. The van der Waals surface area contributed by atoms with Gasteiger partial charge in [-0.05, 0) is 51.7 Å². The van der Waals surface area contributed by atoms with Gasteiger partial charge >= 0.3 is 0 Å². The molecule has 1 amide bonds. The number of fused-ring (bicyclic) bond motifs is 1. The summed E-state index contributed by atoms with van der Waals surface area (Å²) in [5, 5.41) is 4.49. The molecule has 2 aromatic heterocycles. The van der Waals surface area contributed by atoms with E-state index in [9.17, 15) is 4.79 Å². The average Bonchev–Trinajstić information content (AvgIpc) is 3.70. The number of hydrogen-bond donors (Lipinski definition) is 0. The number of methoxy groups -OCH3 is 1. The molecule has 0 aromatic carbocycles. The van der Waals surface area contributed by atoms with Gasteiger partial charge < -0.3 is 19.4 Å². The fraction of sp³-hybridized carbons (Fsp3) is 0.621. The molecule has 1 unspecified atom stereocenters. The van der Waals surface area contributed by atoms with Crippen molar-refractivity contribution >= 4 is 29.0 Å². The summed E-state index contributed by atoms with van der Waals surface area (Å²) >= 11 is 0. The fourth-order valence-corrected chi connectivity index (χ4v) is 6.43. The maximum Gasteiger partial charge on any atom is 0.225 e. The summed E-state index contributed by atoms with van der Waals surface area (Å²) in [6, 6.07) is 4.50. The summed E-state index contributed by atoms with van der Waals surface area (Å²) in [6.07, 6.45) is 9.70. The topological polar surface area (TPSA) is 65.7 Å². The first-order valence-corrected chi connectivity index (χ1v) is 14.1. The number of halogens is 1. The van der Waals surface area contributed by atoms with Gasteiger partial charge in [0.2, 0.25) is 5.91 Å². The molecule has 1 aliphatic carbocycles. The number of nitrogens with zero attached hydrogens (tertiary/aromatic N) is 6. The minimum Gasteiger partial charge on any atom is -0.377 e. The molecule has 2 saturated heterocycles. The monoisotopic (exact) mass is 522 g/mol. The molecule has 204 valence electrons. The summed E-state index contributed by atoms with van der Waals surface area (Å²) in [6.45, 7) is 9.37. The van der Waals surface area contributed by atoms with E-state index in [1.165, 1.54) is 0 Å². The van der Waals surface area contributed by atoms with E-state index < -0.39 is 0 Å². The van der Waals surface area contributed by atoms with Crippen LogP contribution >= 0.6 is 0 Å². The predicted octanol–water partition coefficient (Wildman–Crippen LogP) is 4.01. The SMILES string of the molecule is COC1(C2C=NC(c3cc4c(N5CCN(C(=O)C6CC6)CC5)ccnn4c3)=C(F)C2)CCN(C(C)C)CC1. The average molecular weight is 523 g/mol. The van der Waals surface area contributed by atoms with Gasteiger partial charge in [0, 0.05) is 94.8 Å². The van der Waals surface area contributed by atoms with E-state index in [1.807, 2.05) is 34.0 Å². The van der Waals surface area contributed by atoms with E-state index in [-0.39, 0.29) is 23.3 Å². The Morgan fingerprint density at radius 2 is 1.87 bits per heavy atom. The summed E-state index contributed by atoms with van der Waals surface area (Å²) in [5.74, 6) is 0.301. The molecule has 3 aliphatic heterocycles. The first kappa shape index (κ1) is 25.5. The van der Waals surface area contributed by atoms with E-state index in [0.29, 0.717) is 24.1 Å². The van der Waals surface area contributed by atoms with Crippen LogP contribution in [0.15, 0.2) is 35.3 Å². The minimum atomic E-state index is -0.374. The third-order valence-corrected chi connectivity index (χ3v) is 9.11. The number of hydrogen-bond acceptors (Lipinski definition) is 6. The molecule has 1 saturated carbocycles. The van der Waals surface area contributed by atoms with Crippen molar-refractivity contribution in [1.82, 2.24) is 19.4 Å². The van der Waals surface area contributed by atoms with Gasteiger partial charge in [0.25, 0.3) is 0 Å². The first-order chi connectivity index (χ1) is 18.4. The van der Waals surface area contributed by atoms with E-state index in [1.54, 1.807) is 13.3 Å². The van der Waals surface area contributed by atoms with Crippen molar-refractivity contribution in [2.75, 3.05) is 51.3 Å². The number of piperazine rings is 1. The lowest BCUT2D eigenvalue weighted by atomic mass is 9.76. The zero-order valence-electron chi connectivity index (χ0n) is 22.8. The molecule has 5 heterocycles. The molecule has 3 fully saturated rings. The number of aliphatic imine (C=N–C) groups is 1. The van der Waals surface area contributed by atoms with Crippen LogP contribution in [0.5, 0.6) is 0 Å². The lowest BCUT2D eigenvalue weighted by Gasteiger charge is -2.46. The van der Waals surface area contributed by atoms with Crippen molar-refractivity contribution in [2.45, 2.75) is 57.6 Å². The lowest BCUT2D eigenvalue weighted by molar-refractivity contribution is -0.132. The minimum absolute atomic E-state index is 0.0778. The number of rotatable bonds is 6. The molecule has 6 rings (SSSR count). The second kappa shape index (κ2) is 10.1. The van der Waals surface area contributed by atoms with Crippen molar-refractivity contribution in [3.63, 3.8) is 0 Å². The summed E-state index contributed by atoms with van der Waals surface area (Å²) < 4.78 is 23.5. The van der Waals surface area contributed by atoms with Crippen LogP contribution < -0.4 is 4.90 Å². The van der Waals surface area contributed by atoms with Crippen molar-refractivity contribution < 1.29 is 13.9 Å². The fourth-order valence-electron chi connectivity index (χ4n) is 6.43. The maximum atomic E-state index is 15.6. The molecular weight excluding hydrogens is 483 g/mol. The Morgan fingerprint density at radius 3 is 2.50 bits per heavy atom. The zero-order chi connectivity index (χ0) is 26.4. The highest BCUT2D eigenvalue weighted by molar-refractivity contribution is 5.84. The van der Waals surface area contributed by atoms with Crippen molar-refractivity contribution in [3.05, 3.63) is 35.9 Å². The molecule has 0 bridgehead atoms. The predicted molar refractivity (Wildman–Crippen MR) is 147 cm³/mol. The number of carbonyl (C=O) groups excluding carboxylic acids is 1. The normalized spacial score (nSPS) is 24.6. The summed E-state index contributed by atoms with van der Waals surface area (Å²) in [4.78, 5) is 23.9. The Kier molecular flexibility index (Phi) is 6.76. The molecule has 38 heavy (non-hydrogen) atoms. The Hall–Kier alpha value is -2.78. The summed E-state index contributed by atoms with van der Waals surface area (Å²) in [5.41, 5.74) is 2.74. The van der Waals surface area contributed by atoms with E-state index >= 15 is 4.39 Å². The van der Waals surface area contributed by atoms with Crippen LogP contribution in [-0.2, 0) is 9.53 Å². The number of piperidine rings is 1. The van der Waals surface area contributed by atoms with Gasteiger partial charge in [0.1, 0.15) is 11.5 Å². The Morgan fingerprint density at radius 1 is 1.13 bits per heavy atom. The van der Waals surface area contributed by atoms with E-state index in [4.69, 9.17) is 4.74 Å². The second-order valence-corrected chi connectivity index (χ2v) is 11.6. The number of aromatic nitrogens is 2. The van der Waals surface area contributed by atoms with Gasteiger partial charge in [-0.15, -0.1) is 0 Å². The third-order valence-electron chi connectivity index (χ3n) is 9.11. The molecule has 2 aromatic rings. The quantitative estimate of drug-likeness (QED) is 0.574. The lowest BCUT2D eigenvalue weighted by Crippen LogP contribution is -2.52. The van der Waals surface area contributed by atoms with Crippen molar-refractivity contribution in [3.8, 4) is 0 Å². The molecule has 4 aliphatic rings. The van der Waals surface area contributed by atoms with Gasteiger partial charge in [0.05, 0.1) is 16.8 Å². The zero-order valence-corrected chi connectivity index (χ0v) is 22.8.